The van der Waals surface area contributed by atoms with Crippen molar-refractivity contribution >= 4 is 17.3 Å². The molecule has 0 saturated carbocycles. The largest absolute Gasteiger partial charge is 0.372 e. The summed E-state index contributed by atoms with van der Waals surface area (Å²) < 4.78 is 5.87. The molecule has 0 unspecified atom stereocenters. The highest BCUT2D eigenvalue weighted by Crippen LogP contribution is 2.34. The zero-order chi connectivity index (χ0) is 16.2. The van der Waals surface area contributed by atoms with Gasteiger partial charge in [-0.1, -0.05) is 6.07 Å². The Bertz CT molecular complexity index is 786. The summed E-state index contributed by atoms with van der Waals surface area (Å²) in [6.45, 7) is 1.53. The smallest absolute Gasteiger partial charge is 0.223 e. The lowest BCUT2D eigenvalue weighted by Crippen LogP contribution is -2.08. The summed E-state index contributed by atoms with van der Waals surface area (Å²) in [6.07, 6.45) is 7.58. The van der Waals surface area contributed by atoms with Crippen LogP contribution in [0.3, 0.4) is 0 Å². The van der Waals surface area contributed by atoms with Crippen molar-refractivity contribution in [2.24, 2.45) is 0 Å². The van der Waals surface area contributed by atoms with Gasteiger partial charge in [0, 0.05) is 35.6 Å². The number of ether oxygens (including phenoxy) is 1. The average molecular weight is 338 g/mol. The molecule has 3 aromatic heterocycles. The fraction of sp³-hybridized carbons (Fsp3) is 0.278. The molecule has 0 spiro atoms. The van der Waals surface area contributed by atoms with E-state index in [0.29, 0.717) is 5.95 Å². The Kier molecular flexibility index (Phi) is 4.49. The SMILES string of the molecule is c1csc(CNc2ncc(-c3ccncc3)c([C@@H]3CCCO3)n2)c1. The van der Waals surface area contributed by atoms with Crippen molar-refractivity contribution in [3.8, 4) is 11.1 Å². The summed E-state index contributed by atoms with van der Waals surface area (Å²) in [5.41, 5.74) is 3.05. The van der Waals surface area contributed by atoms with Crippen molar-refractivity contribution in [3.63, 3.8) is 0 Å². The van der Waals surface area contributed by atoms with Gasteiger partial charge in [0.25, 0.3) is 0 Å². The number of thiophene rings is 1. The van der Waals surface area contributed by atoms with Crippen LogP contribution in [-0.2, 0) is 11.3 Å². The maximum atomic E-state index is 5.87. The molecule has 1 saturated heterocycles. The maximum Gasteiger partial charge on any atom is 0.223 e. The van der Waals surface area contributed by atoms with Crippen LogP contribution in [0, 0.1) is 0 Å². The van der Waals surface area contributed by atoms with Crippen LogP contribution in [0.25, 0.3) is 11.1 Å². The fourth-order valence-corrected chi connectivity index (χ4v) is 3.50. The average Bonchev–Trinajstić information content (AvgIpc) is 3.34. The van der Waals surface area contributed by atoms with Gasteiger partial charge in [0.2, 0.25) is 5.95 Å². The van der Waals surface area contributed by atoms with Crippen molar-refractivity contribution in [1.29, 1.82) is 0 Å². The minimum atomic E-state index is 0.0402. The highest BCUT2D eigenvalue weighted by molar-refractivity contribution is 7.09. The van der Waals surface area contributed by atoms with Crippen LogP contribution in [0.1, 0.15) is 29.5 Å². The zero-order valence-electron chi connectivity index (χ0n) is 13.2. The number of aromatic nitrogens is 3. The van der Waals surface area contributed by atoms with Crippen LogP contribution in [0.15, 0.2) is 48.2 Å². The summed E-state index contributed by atoms with van der Waals surface area (Å²) in [5, 5.41) is 5.38. The molecule has 4 rings (SSSR count). The first-order valence-corrected chi connectivity index (χ1v) is 8.93. The number of pyridine rings is 1. The van der Waals surface area contributed by atoms with Gasteiger partial charge in [-0.3, -0.25) is 4.98 Å². The van der Waals surface area contributed by atoms with E-state index in [1.54, 1.807) is 23.7 Å². The summed E-state index contributed by atoms with van der Waals surface area (Å²) in [6, 6.07) is 8.11. The third kappa shape index (κ3) is 3.29. The first kappa shape index (κ1) is 15.2. The summed E-state index contributed by atoms with van der Waals surface area (Å²) in [4.78, 5) is 14.6. The molecule has 6 heteroatoms. The lowest BCUT2D eigenvalue weighted by Gasteiger charge is -2.15. The Labute approximate surface area is 144 Å². The van der Waals surface area contributed by atoms with Crippen LogP contribution < -0.4 is 5.32 Å². The number of nitrogens with zero attached hydrogens (tertiary/aromatic N) is 3. The number of nitrogens with one attached hydrogen (secondary N) is 1. The quantitative estimate of drug-likeness (QED) is 0.760. The second-order valence-electron chi connectivity index (χ2n) is 5.66. The Morgan fingerprint density at radius 2 is 2.17 bits per heavy atom. The van der Waals surface area contributed by atoms with Gasteiger partial charge in [-0.25, -0.2) is 9.97 Å². The van der Waals surface area contributed by atoms with Crippen molar-refractivity contribution in [2.75, 3.05) is 11.9 Å². The number of rotatable bonds is 5. The second kappa shape index (κ2) is 7.07. The molecule has 1 fully saturated rings. The Morgan fingerprint density at radius 3 is 2.92 bits per heavy atom. The second-order valence-corrected chi connectivity index (χ2v) is 6.70. The van der Waals surface area contributed by atoms with E-state index in [1.165, 1.54) is 4.88 Å². The first-order valence-electron chi connectivity index (χ1n) is 8.05. The summed E-state index contributed by atoms with van der Waals surface area (Å²) >= 11 is 1.72. The summed E-state index contributed by atoms with van der Waals surface area (Å²) in [5.74, 6) is 0.645. The van der Waals surface area contributed by atoms with E-state index in [-0.39, 0.29) is 6.10 Å². The van der Waals surface area contributed by atoms with Gasteiger partial charge in [0.1, 0.15) is 6.10 Å². The van der Waals surface area contributed by atoms with Crippen LogP contribution >= 0.6 is 11.3 Å². The van der Waals surface area contributed by atoms with E-state index in [0.717, 1.165) is 42.8 Å². The van der Waals surface area contributed by atoms with E-state index in [4.69, 9.17) is 9.72 Å². The van der Waals surface area contributed by atoms with Crippen LogP contribution in [0.4, 0.5) is 5.95 Å². The van der Waals surface area contributed by atoms with Gasteiger partial charge in [0.15, 0.2) is 0 Å². The molecule has 122 valence electrons. The third-order valence-corrected chi connectivity index (χ3v) is 4.92. The topological polar surface area (TPSA) is 59.9 Å². The van der Waals surface area contributed by atoms with Crippen molar-refractivity contribution in [1.82, 2.24) is 15.0 Å². The molecule has 3 aromatic rings. The number of hydrogen-bond acceptors (Lipinski definition) is 6. The molecule has 1 aliphatic heterocycles. The van der Waals surface area contributed by atoms with E-state index in [1.807, 2.05) is 24.4 Å². The third-order valence-electron chi connectivity index (χ3n) is 4.05. The molecule has 1 aliphatic rings. The minimum absolute atomic E-state index is 0.0402. The van der Waals surface area contributed by atoms with Crippen molar-refractivity contribution < 1.29 is 4.74 Å². The van der Waals surface area contributed by atoms with Gasteiger partial charge < -0.3 is 10.1 Å². The van der Waals surface area contributed by atoms with Gasteiger partial charge in [-0.15, -0.1) is 11.3 Å². The molecule has 0 amide bonds. The molecule has 0 aliphatic carbocycles. The van der Waals surface area contributed by atoms with E-state index in [9.17, 15) is 0 Å². The predicted molar refractivity (Wildman–Crippen MR) is 94.8 cm³/mol. The molecular weight excluding hydrogens is 320 g/mol. The van der Waals surface area contributed by atoms with Gasteiger partial charge in [-0.05, 0) is 42.0 Å². The first-order chi connectivity index (χ1) is 11.9. The molecular formula is C18H18N4OS. The zero-order valence-corrected chi connectivity index (χ0v) is 14.0. The Hall–Kier alpha value is -2.31. The van der Waals surface area contributed by atoms with E-state index in [2.05, 4.69) is 26.7 Å². The fourth-order valence-electron chi connectivity index (χ4n) is 2.85. The lowest BCUT2D eigenvalue weighted by molar-refractivity contribution is 0.109. The predicted octanol–water partition coefficient (Wildman–Crippen LogP) is 4.06. The number of hydrogen-bond donors (Lipinski definition) is 1. The molecule has 0 bridgehead atoms. The monoisotopic (exact) mass is 338 g/mol. The van der Waals surface area contributed by atoms with Crippen molar-refractivity contribution in [3.05, 3.63) is 58.8 Å². The molecule has 1 atom stereocenters. The minimum Gasteiger partial charge on any atom is -0.372 e. The van der Waals surface area contributed by atoms with Gasteiger partial charge >= 0.3 is 0 Å². The van der Waals surface area contributed by atoms with Crippen LogP contribution in [-0.4, -0.2) is 21.6 Å². The highest BCUT2D eigenvalue weighted by atomic mass is 32.1. The van der Waals surface area contributed by atoms with Crippen LogP contribution in [0.5, 0.6) is 0 Å². The Morgan fingerprint density at radius 1 is 1.25 bits per heavy atom. The van der Waals surface area contributed by atoms with Crippen molar-refractivity contribution in [2.45, 2.75) is 25.5 Å². The van der Waals surface area contributed by atoms with Gasteiger partial charge in [0.05, 0.1) is 12.2 Å². The molecule has 24 heavy (non-hydrogen) atoms. The number of anilines is 1. The Balaban J connectivity index is 1.64. The summed E-state index contributed by atoms with van der Waals surface area (Å²) in [7, 11) is 0. The standard InChI is InChI=1S/C18H18N4OS/c1-4-16(23-9-1)17-15(13-5-7-19-8-6-13)12-21-18(22-17)20-11-14-3-2-10-24-14/h2-3,5-8,10,12,16H,1,4,9,11H2,(H,20,21,22)/t16-/m0/s1. The van der Waals surface area contributed by atoms with E-state index < -0.39 is 0 Å². The van der Waals surface area contributed by atoms with E-state index >= 15 is 0 Å². The lowest BCUT2D eigenvalue weighted by atomic mass is 10.0. The highest BCUT2D eigenvalue weighted by Gasteiger charge is 2.23. The maximum absolute atomic E-state index is 5.87. The molecule has 4 heterocycles. The van der Waals surface area contributed by atoms with Crippen LogP contribution in [0.2, 0.25) is 0 Å². The molecule has 0 aromatic carbocycles. The molecule has 1 N–H and O–H groups in total. The molecule has 5 nitrogen and oxygen atoms in total. The normalized spacial score (nSPS) is 17.1. The molecule has 0 radical (unpaired) electrons. The van der Waals surface area contributed by atoms with Gasteiger partial charge in [-0.2, -0.15) is 0 Å².